The minimum absolute atomic E-state index is 0. The monoisotopic (exact) mass is 816 g/mol. The number of carbonyl (C=O) groups is 4. The molecule has 6 aromatic rings. The van der Waals surface area contributed by atoms with Gasteiger partial charge in [0, 0.05) is 50.3 Å². The van der Waals surface area contributed by atoms with E-state index in [1.54, 1.807) is 44.5 Å². The summed E-state index contributed by atoms with van der Waals surface area (Å²) >= 11 is 0. The highest BCUT2D eigenvalue weighted by molar-refractivity contribution is 6.05. The van der Waals surface area contributed by atoms with Crippen LogP contribution in [0.5, 0.6) is 11.5 Å². The Morgan fingerprint density at radius 1 is 0.741 bits per heavy atom. The number of fused-ring (bicyclic) bond motifs is 2. The molecule has 0 spiro atoms. The standard InChI is InChI=1S/C38H44N12O7.ClH/c1-6-49-27(15-21(3)45-49)35(54)43-37-41-25-17-23(33(39)52)19-29(56-5)31(25)47(37)11-8-9-12-48-32-26(18-24(34(40)53)20-30(32)57-14-10-13-51)42-38(48)44-36(55)28-16-22(4)46-50(28)7-2;/h8-9,15-20,51H,6-7,10-14H2,1-5H3,(H2,39,52)(H2,40,53)(H,41,43,54)(H,42,44,55);1H/b9-8+;. The number of primary amides is 2. The molecule has 6 rings (SSSR count). The zero-order valence-electron chi connectivity index (χ0n) is 32.6. The topological polar surface area (TPSA) is 254 Å². The fraction of sp³-hybridized carbons (Fsp3) is 0.316. The number of methoxy groups -OCH3 is 1. The van der Waals surface area contributed by atoms with Crippen molar-refractivity contribution in [3.8, 4) is 11.5 Å². The lowest BCUT2D eigenvalue weighted by Crippen LogP contribution is -2.20. The van der Waals surface area contributed by atoms with E-state index in [4.69, 9.17) is 20.9 Å². The highest BCUT2D eigenvalue weighted by atomic mass is 35.5. The molecule has 4 amide bonds. The van der Waals surface area contributed by atoms with E-state index in [-0.39, 0.29) is 67.5 Å². The summed E-state index contributed by atoms with van der Waals surface area (Å²) in [7, 11) is 1.45. The number of aromatic nitrogens is 8. The van der Waals surface area contributed by atoms with Crippen LogP contribution >= 0.6 is 12.4 Å². The Morgan fingerprint density at radius 3 is 1.60 bits per heavy atom. The van der Waals surface area contributed by atoms with Crippen molar-refractivity contribution >= 4 is 70.0 Å². The van der Waals surface area contributed by atoms with E-state index < -0.39 is 23.6 Å². The first-order valence-corrected chi connectivity index (χ1v) is 18.2. The van der Waals surface area contributed by atoms with Crippen LogP contribution in [0.15, 0.2) is 48.6 Å². The lowest BCUT2D eigenvalue weighted by Gasteiger charge is -2.13. The molecule has 0 atom stereocenters. The number of aryl methyl sites for hydroxylation is 4. The van der Waals surface area contributed by atoms with Gasteiger partial charge in [-0.3, -0.25) is 39.2 Å². The molecule has 20 heteroatoms. The molecule has 19 nitrogen and oxygen atoms in total. The summed E-state index contributed by atoms with van der Waals surface area (Å²) in [6.45, 7) is 8.56. The number of ether oxygens (including phenoxy) is 2. The number of halogens is 1. The number of imidazole rings is 2. The van der Waals surface area contributed by atoms with Gasteiger partial charge < -0.3 is 35.2 Å². The van der Waals surface area contributed by atoms with Crippen LogP contribution in [-0.2, 0) is 26.2 Å². The molecule has 0 aliphatic rings. The van der Waals surface area contributed by atoms with Crippen LogP contribution in [0.1, 0.15) is 73.3 Å². The molecule has 58 heavy (non-hydrogen) atoms. The van der Waals surface area contributed by atoms with E-state index in [0.29, 0.717) is 70.1 Å². The van der Waals surface area contributed by atoms with Crippen molar-refractivity contribution in [1.82, 2.24) is 38.7 Å². The average Bonchev–Trinajstić information content (AvgIpc) is 3.95. The number of amides is 4. The highest BCUT2D eigenvalue weighted by Crippen LogP contribution is 2.33. The molecular formula is C38H45ClN12O7. The largest absolute Gasteiger partial charge is 0.494 e. The normalized spacial score (nSPS) is 11.3. The third-order valence-corrected chi connectivity index (χ3v) is 9.02. The van der Waals surface area contributed by atoms with Crippen molar-refractivity contribution in [1.29, 1.82) is 0 Å². The number of hydrogen-bond acceptors (Lipinski definition) is 11. The SMILES string of the molecule is CCn1nc(C)cc1C(=O)Nc1nc2cc(C(N)=O)cc(OC)c2n1C/C=C/Cn1c(NC(=O)c2cc(C)nn2CC)nc2cc(C(N)=O)cc(OCCCO)c21.Cl. The maximum absolute atomic E-state index is 13.6. The Morgan fingerprint density at radius 2 is 1.19 bits per heavy atom. The zero-order valence-corrected chi connectivity index (χ0v) is 33.4. The molecule has 0 unspecified atom stereocenters. The van der Waals surface area contributed by atoms with E-state index in [9.17, 15) is 24.3 Å². The van der Waals surface area contributed by atoms with E-state index in [2.05, 4.69) is 30.8 Å². The van der Waals surface area contributed by atoms with Crippen LogP contribution in [0.3, 0.4) is 0 Å². The number of aliphatic hydroxyl groups excluding tert-OH is 1. The summed E-state index contributed by atoms with van der Waals surface area (Å²) in [6.07, 6.45) is 3.95. The van der Waals surface area contributed by atoms with E-state index >= 15 is 0 Å². The number of carbonyl (C=O) groups excluding carboxylic acids is 4. The summed E-state index contributed by atoms with van der Waals surface area (Å²) < 4.78 is 18.3. The number of nitrogens with two attached hydrogens (primary N) is 2. The predicted octanol–water partition coefficient (Wildman–Crippen LogP) is 3.59. The molecule has 4 heterocycles. The van der Waals surface area contributed by atoms with Gasteiger partial charge in [-0.2, -0.15) is 10.2 Å². The van der Waals surface area contributed by atoms with Gasteiger partial charge in [-0.15, -0.1) is 12.4 Å². The van der Waals surface area contributed by atoms with E-state index in [1.165, 1.54) is 31.4 Å². The van der Waals surface area contributed by atoms with Gasteiger partial charge in [0.25, 0.3) is 11.8 Å². The molecule has 2 aromatic carbocycles. The van der Waals surface area contributed by atoms with Gasteiger partial charge in [0.05, 0.1) is 36.1 Å². The van der Waals surface area contributed by atoms with Crippen LogP contribution in [-0.4, -0.2) is 87.7 Å². The van der Waals surface area contributed by atoms with Crippen LogP contribution in [0.2, 0.25) is 0 Å². The molecule has 306 valence electrons. The van der Waals surface area contributed by atoms with Crippen molar-refractivity contribution < 1.29 is 33.8 Å². The predicted molar refractivity (Wildman–Crippen MR) is 218 cm³/mol. The Bertz CT molecular complexity index is 2550. The third-order valence-electron chi connectivity index (χ3n) is 9.02. The Labute approximate surface area is 338 Å². The fourth-order valence-corrected chi connectivity index (χ4v) is 6.43. The lowest BCUT2D eigenvalue weighted by molar-refractivity contribution is 0.0991. The summed E-state index contributed by atoms with van der Waals surface area (Å²) in [5, 5.41) is 24.0. The number of benzene rings is 2. The Hall–Kier alpha value is -6.73. The molecule has 0 radical (unpaired) electrons. The lowest BCUT2D eigenvalue weighted by atomic mass is 10.1. The van der Waals surface area contributed by atoms with Crippen LogP contribution < -0.4 is 31.6 Å². The molecule has 0 aliphatic carbocycles. The summed E-state index contributed by atoms with van der Waals surface area (Å²) in [5.41, 5.74) is 15.2. The molecule has 0 saturated carbocycles. The van der Waals surface area contributed by atoms with Crippen LogP contribution in [0.4, 0.5) is 11.9 Å². The number of nitrogens with one attached hydrogen (secondary N) is 2. The van der Waals surface area contributed by atoms with Crippen molar-refractivity contribution in [3.05, 3.63) is 82.5 Å². The van der Waals surface area contributed by atoms with Gasteiger partial charge in [0.1, 0.15) is 33.9 Å². The third kappa shape index (κ3) is 8.64. The second kappa shape index (κ2) is 18.0. The van der Waals surface area contributed by atoms with E-state index in [0.717, 1.165) is 0 Å². The fourth-order valence-electron chi connectivity index (χ4n) is 6.43. The first-order valence-electron chi connectivity index (χ1n) is 18.2. The van der Waals surface area contributed by atoms with Crippen molar-refractivity contribution in [2.45, 2.75) is 60.3 Å². The number of rotatable bonds is 17. The van der Waals surface area contributed by atoms with Gasteiger partial charge in [-0.05, 0) is 64.1 Å². The second-order valence-electron chi connectivity index (χ2n) is 13.0. The first kappa shape index (κ1) is 42.4. The molecule has 7 N–H and O–H groups in total. The second-order valence-corrected chi connectivity index (χ2v) is 13.0. The molecule has 0 saturated heterocycles. The number of hydrogen-bond donors (Lipinski definition) is 5. The zero-order chi connectivity index (χ0) is 41.0. The molecule has 4 aromatic heterocycles. The summed E-state index contributed by atoms with van der Waals surface area (Å²) in [5.74, 6) is -1.38. The minimum Gasteiger partial charge on any atom is -0.494 e. The number of anilines is 2. The van der Waals surface area contributed by atoms with Gasteiger partial charge in [-0.25, -0.2) is 9.97 Å². The van der Waals surface area contributed by atoms with Gasteiger partial charge in [0.2, 0.25) is 23.7 Å². The molecule has 0 bridgehead atoms. The van der Waals surface area contributed by atoms with Gasteiger partial charge in [-0.1, -0.05) is 12.2 Å². The maximum atomic E-state index is 13.6. The van der Waals surface area contributed by atoms with Crippen LogP contribution in [0.25, 0.3) is 22.1 Å². The maximum Gasteiger partial charge on any atom is 0.276 e. The highest BCUT2D eigenvalue weighted by Gasteiger charge is 2.23. The Kier molecular flexibility index (Phi) is 13.2. The number of aliphatic hydroxyl groups is 1. The summed E-state index contributed by atoms with van der Waals surface area (Å²) in [6, 6.07) is 9.38. The summed E-state index contributed by atoms with van der Waals surface area (Å²) in [4.78, 5) is 61.1. The first-order chi connectivity index (χ1) is 27.4. The minimum atomic E-state index is -0.700. The van der Waals surface area contributed by atoms with Crippen molar-refractivity contribution in [3.63, 3.8) is 0 Å². The number of nitrogens with zero attached hydrogens (tertiary/aromatic N) is 8. The Balaban J connectivity index is 0.00000641. The number of allylic oxidation sites excluding steroid dienone is 2. The molecule has 0 fully saturated rings. The molecular weight excluding hydrogens is 772 g/mol. The van der Waals surface area contributed by atoms with Crippen molar-refractivity contribution in [2.75, 3.05) is 31.0 Å². The molecule has 0 aliphatic heterocycles. The smallest absolute Gasteiger partial charge is 0.276 e. The quantitative estimate of drug-likeness (QED) is 0.0657. The van der Waals surface area contributed by atoms with E-state index in [1.807, 2.05) is 26.0 Å². The van der Waals surface area contributed by atoms with Crippen molar-refractivity contribution in [2.24, 2.45) is 11.5 Å². The van der Waals surface area contributed by atoms with Crippen LogP contribution in [0, 0.1) is 13.8 Å². The van der Waals surface area contributed by atoms with Gasteiger partial charge in [0.15, 0.2) is 0 Å². The van der Waals surface area contributed by atoms with Gasteiger partial charge >= 0.3 is 0 Å². The average molecular weight is 817 g/mol.